The number of carbonyl (C=O) groups excluding carboxylic acids is 1. The molecule has 0 spiro atoms. The smallest absolute Gasteiger partial charge is 0.248 e. The molecule has 0 saturated carbocycles. The van der Waals surface area contributed by atoms with Crippen molar-refractivity contribution in [2.24, 2.45) is 5.92 Å². The third-order valence-corrected chi connectivity index (χ3v) is 6.27. The molecule has 1 aromatic heterocycles. The molecule has 0 bridgehead atoms. The molecule has 0 fully saturated rings. The first-order chi connectivity index (χ1) is 13.8. The van der Waals surface area contributed by atoms with E-state index in [1.807, 2.05) is 36.4 Å². The van der Waals surface area contributed by atoms with E-state index in [1.165, 1.54) is 17.5 Å². The Morgan fingerprint density at radius 2 is 1.93 bits per heavy atom. The van der Waals surface area contributed by atoms with Gasteiger partial charge in [0, 0.05) is 11.5 Å². The normalized spacial score (nSPS) is 20.6. The Morgan fingerprint density at radius 3 is 2.76 bits per heavy atom. The molecule has 2 aromatic carbocycles. The molecule has 1 N–H and O–H groups in total. The summed E-state index contributed by atoms with van der Waals surface area (Å²) in [5.74, 6) is 1.10. The van der Waals surface area contributed by atoms with Gasteiger partial charge in [0.15, 0.2) is 0 Å². The van der Waals surface area contributed by atoms with E-state index in [0.717, 1.165) is 16.5 Å². The maximum absolute atomic E-state index is 12.4. The van der Waals surface area contributed by atoms with Crippen molar-refractivity contribution in [3.63, 3.8) is 0 Å². The number of pyridine rings is 1. The van der Waals surface area contributed by atoms with Crippen LogP contribution in [0.3, 0.4) is 0 Å². The largest absolute Gasteiger partial charge is 0.321 e. The fraction of sp³-hybridized carbons (Fsp3) is 0.308. The highest BCUT2D eigenvalue weighted by atomic mass is 16.1. The van der Waals surface area contributed by atoms with Crippen LogP contribution in [-0.2, 0) is 10.2 Å². The lowest BCUT2D eigenvalue weighted by molar-refractivity contribution is -0.111. The summed E-state index contributed by atoms with van der Waals surface area (Å²) >= 11 is 0. The van der Waals surface area contributed by atoms with E-state index in [2.05, 4.69) is 56.2 Å². The molecular weight excluding hydrogens is 356 g/mol. The zero-order chi connectivity index (χ0) is 20.6. The number of para-hydroxylation sites is 1. The molecule has 2 unspecified atom stereocenters. The van der Waals surface area contributed by atoms with Gasteiger partial charge in [-0.1, -0.05) is 64.1 Å². The number of nitrogens with zero attached hydrogens (tertiary/aromatic N) is 1. The number of nitrogens with one attached hydrogen (secondary N) is 1. The fourth-order valence-corrected chi connectivity index (χ4v) is 4.55. The quantitative estimate of drug-likeness (QED) is 0.538. The zero-order valence-electron chi connectivity index (χ0n) is 17.6. The maximum atomic E-state index is 12.4. The minimum Gasteiger partial charge on any atom is -0.321 e. The Bertz CT molecular complexity index is 1100. The van der Waals surface area contributed by atoms with E-state index in [-0.39, 0.29) is 11.3 Å². The number of anilines is 1. The summed E-state index contributed by atoms with van der Waals surface area (Å²) in [6.07, 6.45) is 6.36. The number of rotatable bonds is 3. The van der Waals surface area contributed by atoms with Crippen molar-refractivity contribution < 1.29 is 4.79 Å². The molecule has 3 heteroatoms. The van der Waals surface area contributed by atoms with Gasteiger partial charge in [-0.3, -0.25) is 9.78 Å². The van der Waals surface area contributed by atoms with Crippen LogP contribution in [0.5, 0.6) is 0 Å². The number of fused-ring (bicyclic) bond motifs is 2. The van der Waals surface area contributed by atoms with Gasteiger partial charge in [0.25, 0.3) is 0 Å². The summed E-state index contributed by atoms with van der Waals surface area (Å²) in [5.41, 5.74) is 5.69. The Labute approximate surface area is 172 Å². The molecule has 1 aliphatic rings. The average Bonchev–Trinajstić information content (AvgIpc) is 2.70. The van der Waals surface area contributed by atoms with Crippen LogP contribution in [0.1, 0.15) is 56.7 Å². The molecule has 3 aromatic rings. The van der Waals surface area contributed by atoms with Crippen molar-refractivity contribution >= 4 is 28.6 Å². The molecule has 0 saturated heterocycles. The lowest BCUT2D eigenvalue weighted by atomic mass is 9.64. The van der Waals surface area contributed by atoms with Gasteiger partial charge in [-0.15, -0.1) is 0 Å². The maximum Gasteiger partial charge on any atom is 0.248 e. The van der Waals surface area contributed by atoms with Crippen molar-refractivity contribution in [1.29, 1.82) is 0 Å². The van der Waals surface area contributed by atoms with Crippen molar-refractivity contribution in [2.75, 3.05) is 5.32 Å². The highest BCUT2D eigenvalue weighted by Gasteiger charge is 2.35. The summed E-state index contributed by atoms with van der Waals surface area (Å²) in [6.45, 7) is 9.30. The molecule has 148 valence electrons. The first kappa shape index (κ1) is 19.4. The molecule has 2 atom stereocenters. The van der Waals surface area contributed by atoms with Crippen LogP contribution in [0.25, 0.3) is 17.0 Å². The second kappa shape index (κ2) is 7.47. The first-order valence-corrected chi connectivity index (χ1v) is 10.3. The van der Waals surface area contributed by atoms with Gasteiger partial charge >= 0.3 is 0 Å². The van der Waals surface area contributed by atoms with Crippen LogP contribution in [0.15, 0.2) is 60.8 Å². The van der Waals surface area contributed by atoms with E-state index >= 15 is 0 Å². The van der Waals surface area contributed by atoms with Crippen molar-refractivity contribution in [3.8, 4) is 0 Å². The molecule has 1 heterocycles. The van der Waals surface area contributed by atoms with Crippen LogP contribution < -0.4 is 5.32 Å². The number of benzene rings is 2. The van der Waals surface area contributed by atoms with E-state index in [1.54, 1.807) is 12.3 Å². The lowest BCUT2D eigenvalue weighted by Crippen LogP contribution is -2.30. The molecule has 0 aliphatic heterocycles. The lowest BCUT2D eigenvalue weighted by Gasteiger charge is -2.40. The van der Waals surface area contributed by atoms with E-state index in [9.17, 15) is 4.79 Å². The van der Waals surface area contributed by atoms with Crippen molar-refractivity contribution in [2.45, 2.75) is 45.4 Å². The third kappa shape index (κ3) is 3.95. The van der Waals surface area contributed by atoms with Gasteiger partial charge in [-0.2, -0.15) is 0 Å². The predicted molar refractivity (Wildman–Crippen MR) is 121 cm³/mol. The van der Waals surface area contributed by atoms with Crippen LogP contribution in [0.4, 0.5) is 5.69 Å². The Morgan fingerprint density at radius 1 is 1.14 bits per heavy atom. The summed E-state index contributed by atoms with van der Waals surface area (Å²) in [6, 6.07) is 16.4. The van der Waals surface area contributed by atoms with Gasteiger partial charge in [0.2, 0.25) is 5.91 Å². The number of carbonyl (C=O) groups is 1. The van der Waals surface area contributed by atoms with Gasteiger partial charge in [-0.25, -0.2) is 0 Å². The van der Waals surface area contributed by atoms with Gasteiger partial charge in [0.1, 0.15) is 0 Å². The minimum absolute atomic E-state index is 0.152. The second-order valence-electron chi connectivity index (χ2n) is 8.94. The number of hydrogen-bond donors (Lipinski definition) is 1. The van der Waals surface area contributed by atoms with E-state index in [4.69, 9.17) is 0 Å². The van der Waals surface area contributed by atoms with Gasteiger partial charge in [-0.05, 0) is 58.6 Å². The molecule has 1 amide bonds. The van der Waals surface area contributed by atoms with E-state index in [0.29, 0.717) is 17.5 Å². The molecule has 0 radical (unpaired) electrons. The SMILES string of the molecule is CC1CC(C)(C)c2cc(/C=C\C(=O)Nc3cnc4ccccc4c3)ccc2C1C. The highest BCUT2D eigenvalue weighted by molar-refractivity contribution is 6.02. The van der Waals surface area contributed by atoms with E-state index < -0.39 is 0 Å². The Balaban J connectivity index is 1.52. The second-order valence-corrected chi connectivity index (χ2v) is 8.94. The molecule has 3 nitrogen and oxygen atoms in total. The topological polar surface area (TPSA) is 42.0 Å². The Kier molecular flexibility index (Phi) is 4.99. The van der Waals surface area contributed by atoms with Crippen LogP contribution >= 0.6 is 0 Å². The average molecular weight is 385 g/mol. The molecule has 1 aliphatic carbocycles. The van der Waals surface area contributed by atoms with Crippen LogP contribution in [-0.4, -0.2) is 10.9 Å². The fourth-order valence-electron chi connectivity index (χ4n) is 4.55. The van der Waals surface area contributed by atoms with Crippen LogP contribution in [0, 0.1) is 5.92 Å². The standard InChI is InChI=1S/C26H28N2O/c1-17-15-26(3,4)23-13-19(9-11-22(23)18(17)2)10-12-25(29)28-21-14-20-7-5-6-8-24(20)27-16-21/h5-14,16-18H,15H2,1-4H3,(H,28,29)/b12-10-. The molecule has 4 rings (SSSR count). The molecular formula is C26H28N2O. The minimum atomic E-state index is -0.152. The highest BCUT2D eigenvalue weighted by Crippen LogP contribution is 2.45. The van der Waals surface area contributed by atoms with Gasteiger partial charge < -0.3 is 5.32 Å². The number of aromatic nitrogens is 1. The van der Waals surface area contributed by atoms with Crippen LogP contribution in [0.2, 0.25) is 0 Å². The van der Waals surface area contributed by atoms with Crippen molar-refractivity contribution in [3.05, 3.63) is 77.5 Å². The number of hydrogen-bond acceptors (Lipinski definition) is 2. The first-order valence-electron chi connectivity index (χ1n) is 10.3. The van der Waals surface area contributed by atoms with Crippen molar-refractivity contribution in [1.82, 2.24) is 4.98 Å². The zero-order valence-corrected chi connectivity index (χ0v) is 17.6. The predicted octanol–water partition coefficient (Wildman–Crippen LogP) is 6.31. The summed E-state index contributed by atoms with van der Waals surface area (Å²) in [5, 5.41) is 3.92. The summed E-state index contributed by atoms with van der Waals surface area (Å²) in [4.78, 5) is 16.8. The monoisotopic (exact) mass is 384 g/mol. The Hall–Kier alpha value is -2.94. The number of amides is 1. The summed E-state index contributed by atoms with van der Waals surface area (Å²) in [7, 11) is 0. The third-order valence-electron chi connectivity index (χ3n) is 6.27. The molecule has 29 heavy (non-hydrogen) atoms. The summed E-state index contributed by atoms with van der Waals surface area (Å²) < 4.78 is 0. The van der Waals surface area contributed by atoms with Gasteiger partial charge in [0.05, 0.1) is 17.4 Å².